The Morgan fingerprint density at radius 2 is 1.87 bits per heavy atom. The molecule has 0 saturated carbocycles. The van der Waals surface area contributed by atoms with E-state index in [9.17, 15) is 14.3 Å². The van der Waals surface area contributed by atoms with Crippen molar-refractivity contribution in [1.29, 1.82) is 0 Å². The lowest BCUT2D eigenvalue weighted by molar-refractivity contribution is -0.124. The van der Waals surface area contributed by atoms with Gasteiger partial charge in [0.1, 0.15) is 5.82 Å². The van der Waals surface area contributed by atoms with Gasteiger partial charge in [-0.3, -0.25) is 4.79 Å². The second-order valence-corrected chi connectivity index (χ2v) is 5.26. The Morgan fingerprint density at radius 3 is 2.52 bits per heavy atom. The number of carbonyl (C=O) groups is 1. The lowest BCUT2D eigenvalue weighted by Gasteiger charge is -2.19. The van der Waals surface area contributed by atoms with E-state index in [0.29, 0.717) is 12.2 Å². The zero-order chi connectivity index (χ0) is 16.7. The lowest BCUT2D eigenvalue weighted by Crippen LogP contribution is -2.32. The van der Waals surface area contributed by atoms with Gasteiger partial charge in [-0.05, 0) is 23.3 Å². The first-order valence-electron chi connectivity index (χ1n) is 7.37. The van der Waals surface area contributed by atoms with Crippen molar-refractivity contribution in [3.05, 3.63) is 71.5 Å². The number of ether oxygens (including phenoxy) is 1. The molecule has 0 aliphatic heterocycles. The predicted octanol–water partition coefficient (Wildman–Crippen LogP) is 2.75. The number of aliphatic hydroxyl groups is 1. The van der Waals surface area contributed by atoms with Crippen molar-refractivity contribution in [3.63, 3.8) is 0 Å². The van der Waals surface area contributed by atoms with Crippen LogP contribution in [0.25, 0.3) is 0 Å². The van der Waals surface area contributed by atoms with Gasteiger partial charge >= 0.3 is 0 Å². The fourth-order valence-electron chi connectivity index (χ4n) is 2.33. The Bertz CT molecular complexity index is 633. The van der Waals surface area contributed by atoms with E-state index in [1.54, 1.807) is 13.2 Å². The monoisotopic (exact) mass is 317 g/mol. The summed E-state index contributed by atoms with van der Waals surface area (Å²) in [4.78, 5) is 12.1. The second-order valence-electron chi connectivity index (χ2n) is 5.26. The molecule has 1 amide bonds. The van der Waals surface area contributed by atoms with Gasteiger partial charge in [0.15, 0.2) is 0 Å². The molecule has 2 unspecified atom stereocenters. The van der Waals surface area contributed by atoms with Crippen LogP contribution in [-0.4, -0.2) is 24.7 Å². The van der Waals surface area contributed by atoms with Crippen LogP contribution in [0.5, 0.6) is 0 Å². The first-order chi connectivity index (χ1) is 11.1. The quantitative estimate of drug-likeness (QED) is 0.825. The lowest BCUT2D eigenvalue weighted by atomic mass is 10.0. The van der Waals surface area contributed by atoms with Gasteiger partial charge in [-0.15, -0.1) is 0 Å². The van der Waals surface area contributed by atoms with E-state index in [2.05, 4.69) is 5.32 Å². The first kappa shape index (κ1) is 17.1. The maximum Gasteiger partial charge on any atom is 0.223 e. The molecule has 4 nitrogen and oxygen atoms in total. The van der Waals surface area contributed by atoms with Gasteiger partial charge in [0, 0.05) is 7.11 Å². The van der Waals surface area contributed by atoms with E-state index >= 15 is 0 Å². The number of nitrogens with one attached hydrogen (secondary N) is 1. The van der Waals surface area contributed by atoms with Crippen LogP contribution in [0.2, 0.25) is 0 Å². The number of rotatable bonds is 7. The van der Waals surface area contributed by atoms with E-state index in [4.69, 9.17) is 4.74 Å². The summed E-state index contributed by atoms with van der Waals surface area (Å²) >= 11 is 0. The minimum absolute atomic E-state index is 0.142. The molecule has 0 saturated heterocycles. The van der Waals surface area contributed by atoms with Gasteiger partial charge in [-0.1, -0.05) is 42.5 Å². The summed E-state index contributed by atoms with van der Waals surface area (Å²) in [5.74, 6) is -0.767. The van der Waals surface area contributed by atoms with Gasteiger partial charge in [0.25, 0.3) is 0 Å². The molecule has 2 aromatic rings. The number of hydrogen-bond donors (Lipinski definition) is 2. The molecule has 0 aliphatic carbocycles. The van der Waals surface area contributed by atoms with Crippen LogP contribution < -0.4 is 5.32 Å². The number of methoxy groups -OCH3 is 1. The summed E-state index contributed by atoms with van der Waals surface area (Å²) in [6.07, 6.45) is -1.19. The third-order valence-electron chi connectivity index (χ3n) is 3.48. The average Bonchev–Trinajstić information content (AvgIpc) is 2.55. The second kappa shape index (κ2) is 8.41. The number of benzene rings is 2. The van der Waals surface area contributed by atoms with Crippen LogP contribution in [-0.2, 0) is 9.53 Å². The number of halogens is 1. The van der Waals surface area contributed by atoms with Crippen molar-refractivity contribution in [1.82, 2.24) is 5.32 Å². The minimum Gasteiger partial charge on any atom is -0.388 e. The van der Waals surface area contributed by atoms with E-state index < -0.39 is 11.9 Å². The van der Waals surface area contributed by atoms with Gasteiger partial charge < -0.3 is 15.2 Å². The Hall–Kier alpha value is -2.24. The van der Waals surface area contributed by atoms with Gasteiger partial charge in [-0.25, -0.2) is 4.39 Å². The summed E-state index contributed by atoms with van der Waals surface area (Å²) in [5, 5.41) is 12.9. The Balaban J connectivity index is 1.99. The molecule has 0 spiro atoms. The minimum atomic E-state index is -1.05. The number of amides is 1. The highest BCUT2D eigenvalue weighted by atomic mass is 19.1. The highest BCUT2D eigenvalue weighted by Crippen LogP contribution is 2.19. The molecule has 5 heteroatoms. The van der Waals surface area contributed by atoms with Crippen molar-refractivity contribution in [2.75, 3.05) is 13.7 Å². The van der Waals surface area contributed by atoms with Crippen LogP contribution in [0.15, 0.2) is 54.6 Å². The normalized spacial score (nSPS) is 13.3. The van der Waals surface area contributed by atoms with Crippen molar-refractivity contribution in [3.8, 4) is 0 Å². The molecule has 23 heavy (non-hydrogen) atoms. The molecule has 2 N–H and O–H groups in total. The molecule has 0 radical (unpaired) electrons. The van der Waals surface area contributed by atoms with Crippen LogP contribution >= 0.6 is 0 Å². The zero-order valence-electron chi connectivity index (χ0n) is 12.9. The highest BCUT2D eigenvalue weighted by Gasteiger charge is 2.18. The fourth-order valence-corrected chi connectivity index (χ4v) is 2.33. The first-order valence-corrected chi connectivity index (χ1v) is 7.37. The van der Waals surface area contributed by atoms with Crippen molar-refractivity contribution >= 4 is 5.91 Å². The molecule has 2 rings (SSSR count). The molecule has 122 valence electrons. The number of hydrogen-bond acceptors (Lipinski definition) is 3. The van der Waals surface area contributed by atoms with Crippen LogP contribution in [0.3, 0.4) is 0 Å². The maximum atomic E-state index is 13.2. The summed E-state index contributed by atoms with van der Waals surface area (Å²) < 4.78 is 18.3. The van der Waals surface area contributed by atoms with Gasteiger partial charge in [0.2, 0.25) is 5.91 Å². The zero-order valence-corrected chi connectivity index (χ0v) is 12.9. The predicted molar refractivity (Wildman–Crippen MR) is 85.2 cm³/mol. The summed E-state index contributed by atoms with van der Waals surface area (Å²) in [6.45, 7) is 0.325. The van der Waals surface area contributed by atoms with Crippen LogP contribution in [0, 0.1) is 5.82 Å². The molecule has 2 aromatic carbocycles. The summed E-state index contributed by atoms with van der Waals surface area (Å²) in [5.41, 5.74) is 1.30. The maximum absolute atomic E-state index is 13.2. The number of carbonyl (C=O) groups excluding carboxylic acids is 1. The van der Waals surface area contributed by atoms with Crippen molar-refractivity contribution in [2.45, 2.75) is 18.6 Å². The molecule has 0 heterocycles. The largest absolute Gasteiger partial charge is 0.388 e. The molecule has 0 fully saturated rings. The molecular formula is C18H20FNO3. The fraction of sp³-hybridized carbons (Fsp3) is 0.278. The molecule has 2 atom stereocenters. The molecule has 0 aliphatic rings. The average molecular weight is 317 g/mol. The van der Waals surface area contributed by atoms with E-state index in [0.717, 1.165) is 5.56 Å². The number of aliphatic hydroxyl groups excluding tert-OH is 1. The van der Waals surface area contributed by atoms with E-state index in [-0.39, 0.29) is 18.4 Å². The van der Waals surface area contributed by atoms with E-state index in [1.165, 1.54) is 18.2 Å². The third kappa shape index (κ3) is 5.16. The molecule has 0 bridgehead atoms. The van der Waals surface area contributed by atoms with Gasteiger partial charge in [-0.2, -0.15) is 0 Å². The Kier molecular flexibility index (Phi) is 6.26. The van der Waals surface area contributed by atoms with Crippen molar-refractivity contribution in [2.24, 2.45) is 0 Å². The van der Waals surface area contributed by atoms with Crippen LogP contribution in [0.1, 0.15) is 29.7 Å². The summed E-state index contributed by atoms with van der Waals surface area (Å²) in [6, 6.07) is 14.8. The van der Waals surface area contributed by atoms with Gasteiger partial charge in [0.05, 0.1) is 25.2 Å². The summed E-state index contributed by atoms with van der Waals surface area (Å²) in [7, 11) is 1.56. The van der Waals surface area contributed by atoms with Crippen molar-refractivity contribution < 1.29 is 19.0 Å². The Morgan fingerprint density at radius 1 is 1.17 bits per heavy atom. The topological polar surface area (TPSA) is 58.6 Å². The van der Waals surface area contributed by atoms with Crippen LogP contribution in [0.4, 0.5) is 4.39 Å². The smallest absolute Gasteiger partial charge is 0.223 e. The standard InChI is InChI=1S/C18H20FNO3/c1-23-12-16(13-6-3-2-4-7-13)20-18(22)11-17(21)14-8-5-9-15(19)10-14/h2-10,16-17,21H,11-12H2,1H3,(H,20,22). The third-order valence-corrected chi connectivity index (χ3v) is 3.48. The van der Waals surface area contributed by atoms with E-state index in [1.807, 2.05) is 30.3 Å². The molecular weight excluding hydrogens is 297 g/mol. The Labute approximate surface area is 134 Å². The highest BCUT2D eigenvalue weighted by molar-refractivity contribution is 5.77. The SMILES string of the molecule is COCC(NC(=O)CC(O)c1cccc(F)c1)c1ccccc1. The molecule has 0 aromatic heterocycles.